The van der Waals surface area contributed by atoms with Gasteiger partial charge in [-0.25, -0.2) is 4.98 Å². The maximum absolute atomic E-state index is 12.6. The summed E-state index contributed by atoms with van der Waals surface area (Å²) in [6, 6.07) is 7.24. The first-order chi connectivity index (χ1) is 12.1. The zero-order valence-electron chi connectivity index (χ0n) is 13.6. The predicted octanol–water partition coefficient (Wildman–Crippen LogP) is 1.99. The molecule has 2 aliphatic rings. The molecular weight excluding hydrogens is 342 g/mol. The molecule has 0 unspecified atom stereocenters. The summed E-state index contributed by atoms with van der Waals surface area (Å²) < 4.78 is 11.5. The lowest BCUT2D eigenvalue weighted by Gasteiger charge is -2.30. The molecule has 4 rings (SSSR count). The van der Waals surface area contributed by atoms with E-state index >= 15 is 0 Å². The number of nitrogens with one attached hydrogen (secondary N) is 2. The molecule has 2 aromatic rings. The molecule has 2 N–H and O–H groups in total. The number of thiazole rings is 1. The number of anilines is 1. The fourth-order valence-corrected chi connectivity index (χ4v) is 3.80. The Morgan fingerprint density at radius 3 is 2.88 bits per heavy atom. The van der Waals surface area contributed by atoms with E-state index < -0.39 is 12.2 Å². The lowest BCUT2D eigenvalue weighted by atomic mass is 10.1. The highest BCUT2D eigenvalue weighted by molar-refractivity contribution is 7.17. The van der Waals surface area contributed by atoms with E-state index in [9.17, 15) is 9.59 Å². The van der Waals surface area contributed by atoms with E-state index in [2.05, 4.69) is 15.6 Å². The van der Waals surface area contributed by atoms with Crippen LogP contribution in [0.3, 0.4) is 0 Å². The van der Waals surface area contributed by atoms with Crippen molar-refractivity contribution in [2.24, 2.45) is 0 Å². The fourth-order valence-electron chi connectivity index (χ4n) is 2.87. The quantitative estimate of drug-likeness (QED) is 0.856. The van der Waals surface area contributed by atoms with Crippen molar-refractivity contribution in [3.05, 3.63) is 34.8 Å². The van der Waals surface area contributed by atoms with Gasteiger partial charge in [0.05, 0.1) is 5.69 Å². The van der Waals surface area contributed by atoms with Crippen molar-refractivity contribution in [3.63, 3.8) is 0 Å². The third-order valence-electron chi connectivity index (χ3n) is 4.11. The molecule has 3 heterocycles. The molecule has 130 valence electrons. The topological polar surface area (TPSA) is 89.6 Å². The highest BCUT2D eigenvalue weighted by Crippen LogP contribution is 2.34. The highest BCUT2D eigenvalue weighted by Gasteiger charge is 2.34. The van der Waals surface area contributed by atoms with Gasteiger partial charge in [0.2, 0.25) is 6.10 Å². The van der Waals surface area contributed by atoms with E-state index in [0.717, 1.165) is 12.1 Å². The van der Waals surface area contributed by atoms with Crippen molar-refractivity contribution < 1.29 is 19.1 Å². The molecule has 0 fully saturated rings. The Morgan fingerprint density at radius 1 is 1.32 bits per heavy atom. The van der Waals surface area contributed by atoms with Crippen LogP contribution in [-0.4, -0.2) is 35.6 Å². The van der Waals surface area contributed by atoms with Crippen LogP contribution in [0.4, 0.5) is 5.13 Å². The molecule has 7 nitrogen and oxygen atoms in total. The van der Waals surface area contributed by atoms with Gasteiger partial charge in [0.15, 0.2) is 16.6 Å². The van der Waals surface area contributed by atoms with Crippen LogP contribution in [0.15, 0.2) is 24.3 Å². The maximum Gasteiger partial charge on any atom is 0.271 e. The zero-order valence-corrected chi connectivity index (χ0v) is 14.4. The minimum absolute atomic E-state index is 0.134. The predicted molar refractivity (Wildman–Crippen MR) is 92.3 cm³/mol. The second kappa shape index (κ2) is 6.36. The summed E-state index contributed by atoms with van der Waals surface area (Å²) in [5.74, 6) is 0.683. The first kappa shape index (κ1) is 15.9. The number of carbonyl (C=O) groups is 2. The van der Waals surface area contributed by atoms with Crippen molar-refractivity contribution in [3.8, 4) is 11.5 Å². The minimum Gasteiger partial charge on any atom is -0.482 e. The summed E-state index contributed by atoms with van der Waals surface area (Å²) in [5.41, 5.74) is 0.731. The maximum atomic E-state index is 12.6. The number of fused-ring (bicyclic) bond motifs is 2. The number of rotatable bonds is 2. The molecule has 0 bridgehead atoms. The molecule has 2 atom stereocenters. The third-order valence-corrected chi connectivity index (χ3v) is 5.12. The number of aromatic nitrogens is 1. The van der Waals surface area contributed by atoms with Gasteiger partial charge in [0.1, 0.15) is 11.0 Å². The zero-order chi connectivity index (χ0) is 17.4. The number of benzene rings is 1. The molecule has 2 aliphatic heterocycles. The van der Waals surface area contributed by atoms with Gasteiger partial charge in [-0.3, -0.25) is 14.9 Å². The average Bonchev–Trinajstić information content (AvgIpc) is 2.92. The average molecular weight is 359 g/mol. The molecule has 2 amide bonds. The highest BCUT2D eigenvalue weighted by atomic mass is 32.1. The van der Waals surface area contributed by atoms with Gasteiger partial charge in [-0.1, -0.05) is 23.5 Å². The Kier molecular flexibility index (Phi) is 4.04. The minimum atomic E-state index is -0.785. The SMILES string of the molecule is C[C@H]1Oc2ccccc2O[C@@H]1C(=O)Nc1nc2c(s1)C(=O)NCCC2. The first-order valence-corrected chi connectivity index (χ1v) is 8.94. The summed E-state index contributed by atoms with van der Waals surface area (Å²) in [6.45, 7) is 2.43. The number of nitrogens with zero attached hydrogens (tertiary/aromatic N) is 1. The largest absolute Gasteiger partial charge is 0.482 e. The van der Waals surface area contributed by atoms with Gasteiger partial charge in [-0.15, -0.1) is 0 Å². The standard InChI is InChI=1S/C17H17N3O4S/c1-9-13(24-12-7-3-2-6-11(12)23-9)15(21)20-17-19-10-5-4-8-18-16(22)14(10)25-17/h2-3,6-7,9,13H,4-5,8H2,1H3,(H,18,22)(H,19,20,21)/t9-,13+/m1/s1. The molecule has 8 heteroatoms. The van der Waals surface area contributed by atoms with E-state index in [1.54, 1.807) is 19.1 Å². The Morgan fingerprint density at radius 2 is 2.08 bits per heavy atom. The van der Waals surface area contributed by atoms with Gasteiger partial charge in [-0.05, 0) is 31.9 Å². The van der Waals surface area contributed by atoms with E-state index in [1.807, 2.05) is 12.1 Å². The van der Waals surface area contributed by atoms with Crippen LogP contribution in [0.2, 0.25) is 0 Å². The van der Waals surface area contributed by atoms with Gasteiger partial charge in [-0.2, -0.15) is 0 Å². The van der Waals surface area contributed by atoms with Crippen LogP contribution in [0.25, 0.3) is 0 Å². The fraction of sp³-hybridized carbons (Fsp3) is 0.353. The summed E-state index contributed by atoms with van der Waals surface area (Å²) >= 11 is 1.18. The van der Waals surface area contributed by atoms with E-state index in [4.69, 9.17) is 9.47 Å². The summed E-state index contributed by atoms with van der Waals surface area (Å²) in [6.07, 6.45) is 0.333. The van der Waals surface area contributed by atoms with Gasteiger partial charge >= 0.3 is 0 Å². The van der Waals surface area contributed by atoms with Crippen LogP contribution in [-0.2, 0) is 11.2 Å². The van der Waals surface area contributed by atoms with Crippen molar-refractivity contribution >= 4 is 28.3 Å². The second-order valence-electron chi connectivity index (χ2n) is 5.95. The molecule has 0 saturated carbocycles. The van der Waals surface area contributed by atoms with Gasteiger partial charge in [0, 0.05) is 6.54 Å². The lowest BCUT2D eigenvalue weighted by Crippen LogP contribution is -2.46. The molecule has 0 saturated heterocycles. The van der Waals surface area contributed by atoms with Crippen LogP contribution in [0.1, 0.15) is 28.7 Å². The summed E-state index contributed by atoms with van der Waals surface area (Å²) in [5, 5.41) is 5.98. The Balaban J connectivity index is 1.51. The Labute approximate surface area is 148 Å². The van der Waals surface area contributed by atoms with E-state index in [0.29, 0.717) is 34.5 Å². The number of aryl methyl sites for hydroxylation is 1. The molecule has 1 aromatic carbocycles. The van der Waals surface area contributed by atoms with E-state index in [1.165, 1.54) is 11.3 Å². The summed E-state index contributed by atoms with van der Waals surface area (Å²) in [7, 11) is 0. The molecule has 0 aliphatic carbocycles. The van der Waals surface area contributed by atoms with Crippen LogP contribution < -0.4 is 20.1 Å². The number of hydrogen-bond donors (Lipinski definition) is 2. The Bertz CT molecular complexity index is 835. The van der Waals surface area contributed by atoms with Crippen LogP contribution >= 0.6 is 11.3 Å². The van der Waals surface area contributed by atoms with Crippen molar-refractivity contribution in [2.45, 2.75) is 32.0 Å². The normalized spacial score (nSPS) is 21.7. The van der Waals surface area contributed by atoms with Gasteiger partial charge in [0.25, 0.3) is 11.8 Å². The molecule has 1 aromatic heterocycles. The monoisotopic (exact) mass is 359 g/mol. The Hall–Kier alpha value is -2.61. The van der Waals surface area contributed by atoms with Crippen molar-refractivity contribution in [1.29, 1.82) is 0 Å². The second-order valence-corrected chi connectivity index (χ2v) is 6.95. The van der Waals surface area contributed by atoms with Crippen LogP contribution in [0, 0.1) is 0 Å². The first-order valence-electron chi connectivity index (χ1n) is 8.13. The van der Waals surface area contributed by atoms with Crippen LogP contribution in [0.5, 0.6) is 11.5 Å². The number of ether oxygens (including phenoxy) is 2. The summed E-state index contributed by atoms with van der Waals surface area (Å²) in [4.78, 5) is 29.6. The van der Waals surface area contributed by atoms with Gasteiger partial charge < -0.3 is 14.8 Å². The number of carbonyl (C=O) groups excluding carboxylic acids is 2. The molecule has 25 heavy (non-hydrogen) atoms. The van der Waals surface area contributed by atoms with Crippen molar-refractivity contribution in [2.75, 3.05) is 11.9 Å². The molecular formula is C17H17N3O4S. The number of hydrogen-bond acceptors (Lipinski definition) is 6. The third kappa shape index (κ3) is 3.05. The van der Waals surface area contributed by atoms with Crippen molar-refractivity contribution in [1.82, 2.24) is 10.3 Å². The molecule has 0 spiro atoms. The molecule has 0 radical (unpaired) electrons. The number of amides is 2. The smallest absolute Gasteiger partial charge is 0.271 e. The lowest BCUT2D eigenvalue weighted by molar-refractivity contribution is -0.128. The number of para-hydroxylation sites is 2. The van der Waals surface area contributed by atoms with E-state index in [-0.39, 0.29) is 11.8 Å².